The molecular formula is C7H17NO. The highest BCUT2D eigenvalue weighted by molar-refractivity contribution is 5.75. The summed E-state index contributed by atoms with van der Waals surface area (Å²) in [6.07, 6.45) is 0.660. The van der Waals surface area contributed by atoms with Crippen molar-refractivity contribution in [1.82, 2.24) is 4.90 Å². The summed E-state index contributed by atoms with van der Waals surface area (Å²) in [5, 5.41) is 0. The van der Waals surface area contributed by atoms with Gasteiger partial charge < -0.3 is 4.90 Å². The van der Waals surface area contributed by atoms with Crippen LogP contribution >= 0.6 is 0 Å². The fraction of sp³-hybridized carbons (Fsp3) is 0.857. The molecule has 0 saturated heterocycles. The largest absolute Gasteiger partial charge is 0.349 e. The van der Waals surface area contributed by atoms with Gasteiger partial charge in [0.2, 0.25) is 5.91 Å². The summed E-state index contributed by atoms with van der Waals surface area (Å²) in [4.78, 5) is 12.5. The van der Waals surface area contributed by atoms with Gasteiger partial charge in [-0.1, -0.05) is 13.8 Å². The summed E-state index contributed by atoms with van der Waals surface area (Å²) < 4.78 is 0. The molecule has 2 heteroatoms. The van der Waals surface area contributed by atoms with Gasteiger partial charge >= 0.3 is 0 Å². The van der Waals surface area contributed by atoms with Gasteiger partial charge in [-0.2, -0.15) is 0 Å². The summed E-state index contributed by atoms with van der Waals surface area (Å²) in [6, 6.07) is 0. The maximum Gasteiger partial charge on any atom is 0.222 e. The van der Waals surface area contributed by atoms with Crippen molar-refractivity contribution in [2.75, 3.05) is 14.1 Å². The van der Waals surface area contributed by atoms with Crippen LogP contribution in [0.3, 0.4) is 0 Å². The summed E-state index contributed by atoms with van der Waals surface area (Å²) in [6.45, 7) is 4.09. The van der Waals surface area contributed by atoms with Gasteiger partial charge in [-0.15, -0.1) is 0 Å². The number of nitrogens with zero attached hydrogens (tertiary/aromatic N) is 1. The Kier molecular flexibility index (Phi) is 3.28. The maximum atomic E-state index is 10.9. The zero-order chi connectivity index (χ0) is 7.44. The van der Waals surface area contributed by atoms with Gasteiger partial charge in [-0.05, 0) is 5.92 Å². The van der Waals surface area contributed by atoms with E-state index in [4.69, 9.17) is 0 Å². The van der Waals surface area contributed by atoms with Gasteiger partial charge in [0.15, 0.2) is 0 Å². The molecule has 0 radical (unpaired) electrons. The highest BCUT2D eigenvalue weighted by atomic mass is 16.2. The Labute approximate surface area is 58.3 Å². The third kappa shape index (κ3) is 4.01. The molecule has 0 heterocycles. The first-order valence-electron chi connectivity index (χ1n) is 3.24. The molecule has 0 aliphatic carbocycles. The van der Waals surface area contributed by atoms with Crippen LogP contribution < -0.4 is 0 Å². The minimum Gasteiger partial charge on any atom is -0.349 e. The molecule has 0 bridgehead atoms. The van der Waals surface area contributed by atoms with Crippen molar-refractivity contribution in [2.45, 2.75) is 20.3 Å². The van der Waals surface area contributed by atoms with Crippen LogP contribution in [0.4, 0.5) is 0 Å². The molecule has 0 aromatic carbocycles. The average molecular weight is 132 g/mol. The second-order valence-corrected chi connectivity index (χ2v) is 2.89. The first-order valence-corrected chi connectivity index (χ1v) is 3.24. The van der Waals surface area contributed by atoms with Gasteiger partial charge in [0.1, 0.15) is 0 Å². The number of rotatable bonds is 2. The number of hydrogen-bond donors (Lipinski definition) is 0. The fourth-order valence-corrected chi connectivity index (χ4v) is 0.532. The predicted octanol–water partition coefficient (Wildman–Crippen LogP) is 1.37. The predicted molar refractivity (Wildman–Crippen MR) is 40.3 cm³/mol. The van der Waals surface area contributed by atoms with Crippen molar-refractivity contribution in [3.63, 3.8) is 0 Å². The number of amides is 1. The van der Waals surface area contributed by atoms with E-state index in [0.29, 0.717) is 12.3 Å². The fourth-order valence-electron chi connectivity index (χ4n) is 0.532. The van der Waals surface area contributed by atoms with Crippen molar-refractivity contribution >= 4 is 5.91 Å². The standard InChI is InChI=1S/C7H15NO.H2/c1-6(2)5-7(9)8(3)4;/h6H,5H2,1-4H3;1H/i;1+1. The Morgan fingerprint density at radius 2 is 2.00 bits per heavy atom. The molecule has 1 amide bonds. The third-order valence-electron chi connectivity index (χ3n) is 1.08. The molecule has 56 valence electrons. The first kappa shape index (κ1) is 8.47. The number of carbonyl (C=O) groups excluding carboxylic acids is 1. The molecule has 2 nitrogen and oxygen atoms in total. The molecule has 0 aliphatic heterocycles. The lowest BCUT2D eigenvalue weighted by molar-refractivity contribution is -0.129. The maximum absolute atomic E-state index is 10.9. The Hall–Kier alpha value is -0.530. The summed E-state index contributed by atoms with van der Waals surface area (Å²) in [5.41, 5.74) is 0. The third-order valence-corrected chi connectivity index (χ3v) is 1.08. The van der Waals surface area contributed by atoms with Gasteiger partial charge in [-0.25, -0.2) is 0 Å². The Bertz CT molecular complexity index is 102. The zero-order valence-electron chi connectivity index (χ0n) is 6.64. The Morgan fingerprint density at radius 3 is 2.11 bits per heavy atom. The van der Waals surface area contributed by atoms with E-state index in [0.717, 1.165) is 0 Å². The minimum absolute atomic E-state index is 0. The molecule has 0 spiro atoms. The minimum atomic E-state index is 0. The van der Waals surface area contributed by atoms with Crippen LogP contribution in [-0.2, 0) is 4.79 Å². The second-order valence-electron chi connectivity index (χ2n) is 2.89. The molecular weight excluding hydrogens is 114 g/mol. The quantitative estimate of drug-likeness (QED) is 0.555. The number of carbonyl (C=O) groups is 1. The van der Waals surface area contributed by atoms with Crippen LogP contribution in [0, 0.1) is 5.92 Å². The van der Waals surface area contributed by atoms with Crippen molar-refractivity contribution in [1.29, 1.82) is 0 Å². The molecule has 0 fully saturated rings. The monoisotopic (exact) mass is 132 g/mol. The van der Waals surface area contributed by atoms with E-state index >= 15 is 0 Å². The topological polar surface area (TPSA) is 20.3 Å². The van der Waals surface area contributed by atoms with Crippen LogP contribution in [0.2, 0.25) is 0 Å². The van der Waals surface area contributed by atoms with E-state index in [1.807, 2.05) is 13.8 Å². The molecule has 9 heavy (non-hydrogen) atoms. The first-order chi connectivity index (χ1) is 4.04. The SMILES string of the molecule is CC(C)CC(=O)N(C)C.[2HH]. The molecule has 0 N–H and O–H groups in total. The summed E-state index contributed by atoms with van der Waals surface area (Å²) in [5.74, 6) is 0.685. The van der Waals surface area contributed by atoms with E-state index in [1.165, 1.54) is 0 Å². The highest BCUT2D eigenvalue weighted by Crippen LogP contribution is 2.00. The normalized spacial score (nSPS) is 9.89. The van der Waals surface area contributed by atoms with Gasteiger partial charge in [0, 0.05) is 21.9 Å². The van der Waals surface area contributed by atoms with E-state index < -0.39 is 0 Å². The smallest absolute Gasteiger partial charge is 0.222 e. The molecule has 0 saturated carbocycles. The molecule has 0 aliphatic rings. The van der Waals surface area contributed by atoms with Crippen molar-refractivity contribution in [3.8, 4) is 0 Å². The summed E-state index contributed by atoms with van der Waals surface area (Å²) >= 11 is 0. The Morgan fingerprint density at radius 1 is 1.56 bits per heavy atom. The lowest BCUT2D eigenvalue weighted by Gasteiger charge is -2.10. The van der Waals surface area contributed by atoms with Crippen LogP contribution in [-0.4, -0.2) is 24.9 Å². The van der Waals surface area contributed by atoms with Crippen LogP contribution in [0.1, 0.15) is 21.7 Å². The second kappa shape index (κ2) is 3.49. The molecule has 0 unspecified atom stereocenters. The number of hydrogen-bond acceptors (Lipinski definition) is 1. The van der Waals surface area contributed by atoms with Crippen molar-refractivity contribution < 1.29 is 6.22 Å². The summed E-state index contributed by atoms with van der Waals surface area (Å²) in [7, 11) is 3.56. The molecule has 0 rings (SSSR count). The van der Waals surface area contributed by atoms with Crippen LogP contribution in [0.5, 0.6) is 0 Å². The molecule has 0 atom stereocenters. The van der Waals surface area contributed by atoms with Crippen molar-refractivity contribution in [2.24, 2.45) is 5.92 Å². The average Bonchev–Trinajstić information content (AvgIpc) is 1.63. The van der Waals surface area contributed by atoms with E-state index in [2.05, 4.69) is 0 Å². The van der Waals surface area contributed by atoms with E-state index in [1.54, 1.807) is 19.0 Å². The lowest BCUT2D eigenvalue weighted by Crippen LogP contribution is -2.22. The zero-order valence-corrected chi connectivity index (χ0v) is 6.64. The van der Waals surface area contributed by atoms with Gasteiger partial charge in [-0.3, -0.25) is 4.79 Å². The van der Waals surface area contributed by atoms with Crippen molar-refractivity contribution in [3.05, 3.63) is 0 Å². The molecule has 0 aromatic heterocycles. The van der Waals surface area contributed by atoms with Crippen LogP contribution in [0.25, 0.3) is 0 Å². The van der Waals surface area contributed by atoms with E-state index in [-0.39, 0.29) is 7.33 Å². The molecule has 0 aromatic rings. The highest BCUT2D eigenvalue weighted by Gasteiger charge is 2.04. The van der Waals surface area contributed by atoms with Gasteiger partial charge in [0.05, 0.1) is 0 Å². The van der Waals surface area contributed by atoms with Gasteiger partial charge in [0.25, 0.3) is 0 Å². The van der Waals surface area contributed by atoms with Crippen LogP contribution in [0.15, 0.2) is 0 Å². The lowest BCUT2D eigenvalue weighted by atomic mass is 10.1. The van der Waals surface area contributed by atoms with E-state index in [9.17, 15) is 4.79 Å². The Balaban J connectivity index is 0.